The summed E-state index contributed by atoms with van der Waals surface area (Å²) in [6.07, 6.45) is 0.632. The van der Waals surface area contributed by atoms with Gasteiger partial charge < -0.3 is 4.90 Å². The summed E-state index contributed by atoms with van der Waals surface area (Å²) in [6, 6.07) is 8.12. The summed E-state index contributed by atoms with van der Waals surface area (Å²) in [6.45, 7) is 2.08. The molecule has 0 amide bonds. The number of hydrogen-bond acceptors (Lipinski definition) is 2. The third-order valence-corrected chi connectivity index (χ3v) is 2.73. The quantitative estimate of drug-likeness (QED) is 0.601. The molecule has 0 saturated heterocycles. The molecule has 13 heavy (non-hydrogen) atoms. The summed E-state index contributed by atoms with van der Waals surface area (Å²) >= 11 is 0. The number of nitrogens with zero attached hydrogens (tertiary/aromatic N) is 1. The van der Waals surface area contributed by atoms with Crippen LogP contribution in [0.4, 0.5) is 5.69 Å². The van der Waals surface area contributed by atoms with Crippen molar-refractivity contribution in [3.63, 3.8) is 0 Å². The van der Waals surface area contributed by atoms with Gasteiger partial charge in [-0.1, -0.05) is 12.1 Å². The van der Waals surface area contributed by atoms with Crippen molar-refractivity contribution in [3.8, 4) is 0 Å². The van der Waals surface area contributed by atoms with Crippen molar-refractivity contribution < 1.29 is 4.79 Å². The molecule has 0 radical (unpaired) electrons. The van der Waals surface area contributed by atoms with E-state index in [4.69, 9.17) is 0 Å². The average Bonchev–Trinajstić information content (AvgIpc) is 2.15. The van der Waals surface area contributed by atoms with Gasteiger partial charge in [-0.15, -0.1) is 0 Å². The minimum absolute atomic E-state index is 0.265. The van der Waals surface area contributed by atoms with E-state index >= 15 is 0 Å². The van der Waals surface area contributed by atoms with Crippen molar-refractivity contribution >= 4 is 11.5 Å². The van der Waals surface area contributed by atoms with Gasteiger partial charge in [0.25, 0.3) is 0 Å². The first-order chi connectivity index (χ1) is 6.20. The lowest BCUT2D eigenvalue weighted by atomic mass is 9.96. The van der Waals surface area contributed by atoms with E-state index in [2.05, 4.69) is 11.8 Å². The summed E-state index contributed by atoms with van der Waals surface area (Å²) in [5.41, 5.74) is 1.93. The molecular formula is C11H13NO. The SMILES string of the molecule is CC1CC(=O)c2ccccc2N1C. The lowest BCUT2D eigenvalue weighted by Crippen LogP contribution is -2.36. The van der Waals surface area contributed by atoms with Gasteiger partial charge in [-0.25, -0.2) is 0 Å². The number of carbonyl (C=O) groups is 1. The summed E-state index contributed by atoms with van der Waals surface area (Å²) < 4.78 is 0. The fourth-order valence-corrected chi connectivity index (χ4v) is 1.77. The second-order valence-electron chi connectivity index (χ2n) is 3.60. The molecule has 2 rings (SSSR count). The second-order valence-corrected chi connectivity index (χ2v) is 3.60. The highest BCUT2D eigenvalue weighted by Crippen LogP contribution is 2.28. The van der Waals surface area contributed by atoms with Crippen LogP contribution in [0.25, 0.3) is 0 Å². The minimum atomic E-state index is 0.265. The Morgan fingerprint density at radius 1 is 1.38 bits per heavy atom. The number of hydrogen-bond donors (Lipinski definition) is 0. The monoisotopic (exact) mass is 175 g/mol. The third-order valence-electron chi connectivity index (χ3n) is 2.73. The fourth-order valence-electron chi connectivity index (χ4n) is 1.77. The fraction of sp³-hybridized carbons (Fsp3) is 0.364. The van der Waals surface area contributed by atoms with Crippen molar-refractivity contribution in [2.24, 2.45) is 0 Å². The third kappa shape index (κ3) is 1.22. The Morgan fingerprint density at radius 2 is 2.08 bits per heavy atom. The zero-order chi connectivity index (χ0) is 9.42. The zero-order valence-electron chi connectivity index (χ0n) is 7.95. The number of fused-ring (bicyclic) bond motifs is 1. The van der Waals surface area contributed by atoms with E-state index in [1.54, 1.807) is 0 Å². The highest BCUT2D eigenvalue weighted by Gasteiger charge is 2.25. The Balaban J connectivity index is 2.53. The summed E-state index contributed by atoms with van der Waals surface area (Å²) in [7, 11) is 2.04. The Hall–Kier alpha value is -1.31. The molecule has 0 spiro atoms. The van der Waals surface area contributed by atoms with Crippen LogP contribution in [0.2, 0.25) is 0 Å². The first-order valence-corrected chi connectivity index (χ1v) is 4.55. The van der Waals surface area contributed by atoms with E-state index in [1.807, 2.05) is 31.3 Å². The molecule has 0 aliphatic carbocycles. The summed E-state index contributed by atoms with van der Waals surface area (Å²) in [5, 5.41) is 0. The van der Waals surface area contributed by atoms with Gasteiger partial charge in [0.15, 0.2) is 5.78 Å². The predicted octanol–water partition coefficient (Wildman–Crippen LogP) is 2.10. The van der Waals surface area contributed by atoms with Crippen molar-refractivity contribution in [2.45, 2.75) is 19.4 Å². The Labute approximate surface area is 78.2 Å². The van der Waals surface area contributed by atoms with E-state index in [-0.39, 0.29) is 5.78 Å². The Bertz CT molecular complexity index is 346. The molecule has 0 saturated carbocycles. The van der Waals surface area contributed by atoms with Crippen molar-refractivity contribution in [3.05, 3.63) is 29.8 Å². The first-order valence-electron chi connectivity index (χ1n) is 4.55. The molecule has 1 unspecified atom stereocenters. The second kappa shape index (κ2) is 2.87. The van der Waals surface area contributed by atoms with Crippen molar-refractivity contribution in [2.75, 3.05) is 11.9 Å². The molecule has 68 valence electrons. The van der Waals surface area contributed by atoms with Crippen LogP contribution >= 0.6 is 0 Å². The molecule has 0 fully saturated rings. The molecule has 0 N–H and O–H groups in total. The number of para-hydroxylation sites is 1. The van der Waals surface area contributed by atoms with Crippen LogP contribution in [0.3, 0.4) is 0 Å². The lowest BCUT2D eigenvalue weighted by Gasteiger charge is -2.32. The van der Waals surface area contributed by atoms with Crippen LogP contribution in [0, 0.1) is 0 Å². The molecule has 2 heteroatoms. The van der Waals surface area contributed by atoms with E-state index < -0.39 is 0 Å². The number of rotatable bonds is 0. The molecule has 1 atom stereocenters. The normalized spacial score (nSPS) is 21.5. The summed E-state index contributed by atoms with van der Waals surface area (Å²) in [5.74, 6) is 0.265. The van der Waals surface area contributed by atoms with Crippen LogP contribution in [0.5, 0.6) is 0 Å². The summed E-state index contributed by atoms with van der Waals surface area (Å²) in [4.78, 5) is 13.8. The van der Waals surface area contributed by atoms with Gasteiger partial charge in [0.2, 0.25) is 0 Å². The average molecular weight is 175 g/mol. The number of Topliss-reactive ketones (excluding diaryl/α,β-unsaturated/α-hetero) is 1. The molecule has 1 aliphatic rings. The predicted molar refractivity (Wildman–Crippen MR) is 53.3 cm³/mol. The van der Waals surface area contributed by atoms with Gasteiger partial charge in [-0.05, 0) is 19.1 Å². The minimum Gasteiger partial charge on any atom is -0.371 e. The highest BCUT2D eigenvalue weighted by molar-refractivity contribution is 6.03. The zero-order valence-corrected chi connectivity index (χ0v) is 7.95. The van der Waals surface area contributed by atoms with E-state index in [0.717, 1.165) is 11.3 Å². The Kier molecular flexibility index (Phi) is 1.83. The molecule has 0 bridgehead atoms. The van der Waals surface area contributed by atoms with Gasteiger partial charge in [0.1, 0.15) is 0 Å². The molecule has 1 aromatic carbocycles. The van der Waals surface area contributed by atoms with Gasteiger partial charge >= 0.3 is 0 Å². The largest absolute Gasteiger partial charge is 0.371 e. The topological polar surface area (TPSA) is 20.3 Å². The van der Waals surface area contributed by atoms with Crippen LogP contribution in [0.1, 0.15) is 23.7 Å². The number of anilines is 1. The number of ketones is 1. The van der Waals surface area contributed by atoms with Crippen LogP contribution in [0.15, 0.2) is 24.3 Å². The van der Waals surface area contributed by atoms with Gasteiger partial charge in [-0.2, -0.15) is 0 Å². The van der Waals surface area contributed by atoms with Crippen molar-refractivity contribution in [1.82, 2.24) is 0 Å². The molecule has 1 aromatic rings. The van der Waals surface area contributed by atoms with Crippen LogP contribution in [-0.4, -0.2) is 18.9 Å². The maximum Gasteiger partial charge on any atom is 0.166 e. The van der Waals surface area contributed by atoms with Gasteiger partial charge in [0.05, 0.1) is 0 Å². The maximum absolute atomic E-state index is 11.6. The molecule has 0 aromatic heterocycles. The van der Waals surface area contributed by atoms with Gasteiger partial charge in [0, 0.05) is 30.8 Å². The highest BCUT2D eigenvalue weighted by atomic mass is 16.1. The van der Waals surface area contributed by atoms with Crippen LogP contribution < -0.4 is 4.90 Å². The van der Waals surface area contributed by atoms with Gasteiger partial charge in [-0.3, -0.25) is 4.79 Å². The maximum atomic E-state index is 11.6. The first kappa shape index (κ1) is 8.30. The number of carbonyl (C=O) groups excluding carboxylic acids is 1. The standard InChI is InChI=1S/C11H13NO/c1-8-7-11(13)9-5-3-4-6-10(9)12(8)2/h3-6,8H,7H2,1-2H3. The molecule has 1 aliphatic heterocycles. The van der Waals surface area contributed by atoms with E-state index in [0.29, 0.717) is 12.5 Å². The molecular weight excluding hydrogens is 162 g/mol. The van der Waals surface area contributed by atoms with E-state index in [9.17, 15) is 4.79 Å². The van der Waals surface area contributed by atoms with E-state index in [1.165, 1.54) is 0 Å². The molecule has 1 heterocycles. The lowest BCUT2D eigenvalue weighted by molar-refractivity contribution is 0.0969. The molecule has 2 nitrogen and oxygen atoms in total. The number of benzene rings is 1. The smallest absolute Gasteiger partial charge is 0.166 e. The van der Waals surface area contributed by atoms with Crippen LogP contribution in [-0.2, 0) is 0 Å². The Morgan fingerprint density at radius 3 is 2.85 bits per heavy atom. The van der Waals surface area contributed by atoms with Crippen molar-refractivity contribution in [1.29, 1.82) is 0 Å².